The number of nitrogens with one attached hydrogen (secondary N) is 1. The van der Waals surface area contributed by atoms with Crippen molar-refractivity contribution < 1.29 is 13.2 Å². The lowest BCUT2D eigenvalue weighted by Crippen LogP contribution is -2.39. The van der Waals surface area contributed by atoms with E-state index in [1.54, 1.807) is 11.9 Å². The van der Waals surface area contributed by atoms with Gasteiger partial charge in [-0.05, 0) is 43.5 Å². The molecule has 1 aliphatic heterocycles. The van der Waals surface area contributed by atoms with Crippen molar-refractivity contribution in [1.82, 2.24) is 19.0 Å². The van der Waals surface area contributed by atoms with Gasteiger partial charge in [-0.25, -0.2) is 13.2 Å². The van der Waals surface area contributed by atoms with E-state index in [0.717, 1.165) is 16.8 Å². The molecule has 9 heteroatoms. The first-order valence-electron chi connectivity index (χ1n) is 8.89. The Labute approximate surface area is 159 Å². The summed E-state index contributed by atoms with van der Waals surface area (Å²) < 4.78 is 28.4. The van der Waals surface area contributed by atoms with Crippen LogP contribution in [0.1, 0.15) is 17.5 Å². The second kappa shape index (κ2) is 7.69. The zero-order valence-electron chi connectivity index (χ0n) is 15.8. The number of sulfonamides is 1. The van der Waals surface area contributed by atoms with Crippen molar-refractivity contribution in [3.8, 4) is 0 Å². The van der Waals surface area contributed by atoms with Gasteiger partial charge in [-0.2, -0.15) is 9.40 Å². The van der Waals surface area contributed by atoms with E-state index in [2.05, 4.69) is 10.4 Å². The van der Waals surface area contributed by atoms with Crippen LogP contribution in [0.5, 0.6) is 0 Å². The Morgan fingerprint density at radius 3 is 2.41 bits per heavy atom. The molecule has 0 radical (unpaired) electrons. The van der Waals surface area contributed by atoms with E-state index in [1.807, 2.05) is 32.0 Å². The molecule has 2 aromatic rings. The molecule has 0 saturated carbocycles. The summed E-state index contributed by atoms with van der Waals surface area (Å²) in [5, 5.41) is 6.86. The average molecular weight is 391 g/mol. The van der Waals surface area contributed by atoms with E-state index in [9.17, 15) is 13.2 Å². The minimum atomic E-state index is -3.59. The molecule has 3 rings (SSSR count). The monoisotopic (exact) mass is 391 g/mol. The van der Waals surface area contributed by atoms with Crippen LogP contribution in [0.2, 0.25) is 0 Å². The Morgan fingerprint density at radius 1 is 1.07 bits per heavy atom. The summed E-state index contributed by atoms with van der Waals surface area (Å²) in [5.74, 6) is 0. The Bertz CT molecular complexity index is 918. The predicted octanol–water partition coefficient (Wildman–Crippen LogP) is 1.97. The fraction of sp³-hybridized carbons (Fsp3) is 0.444. The molecule has 146 valence electrons. The van der Waals surface area contributed by atoms with Crippen molar-refractivity contribution in [3.05, 3.63) is 41.7 Å². The third-order valence-corrected chi connectivity index (χ3v) is 6.39. The summed E-state index contributed by atoms with van der Waals surface area (Å²) >= 11 is 0. The first-order valence-corrected chi connectivity index (χ1v) is 10.3. The van der Waals surface area contributed by atoms with Gasteiger partial charge in [-0.1, -0.05) is 6.07 Å². The van der Waals surface area contributed by atoms with Gasteiger partial charge >= 0.3 is 6.03 Å². The Balaban J connectivity index is 1.66. The molecule has 1 saturated heterocycles. The van der Waals surface area contributed by atoms with Gasteiger partial charge in [0.05, 0.1) is 6.20 Å². The predicted molar refractivity (Wildman–Crippen MR) is 103 cm³/mol. The number of aromatic nitrogens is 2. The fourth-order valence-electron chi connectivity index (χ4n) is 3.27. The van der Waals surface area contributed by atoms with Crippen molar-refractivity contribution in [2.45, 2.75) is 25.2 Å². The molecule has 2 amide bonds. The second-order valence-electron chi connectivity index (χ2n) is 6.90. The van der Waals surface area contributed by atoms with Gasteiger partial charge in [-0.15, -0.1) is 0 Å². The molecular weight excluding hydrogens is 366 g/mol. The molecule has 0 unspecified atom stereocenters. The van der Waals surface area contributed by atoms with Crippen molar-refractivity contribution in [2.75, 3.05) is 31.5 Å². The SMILES string of the molecule is Cc1cc(C)cc(NC(=O)N2CCCN(S(=O)(=O)c3cnn(C)c3)CC2)c1. The van der Waals surface area contributed by atoms with Crippen LogP contribution >= 0.6 is 0 Å². The van der Waals surface area contributed by atoms with Crippen LogP contribution in [0.3, 0.4) is 0 Å². The summed E-state index contributed by atoms with van der Waals surface area (Å²) in [7, 11) is -1.91. The number of amides is 2. The largest absolute Gasteiger partial charge is 0.323 e. The summed E-state index contributed by atoms with van der Waals surface area (Å²) in [6.45, 7) is 5.46. The molecule has 8 nitrogen and oxygen atoms in total. The van der Waals surface area contributed by atoms with E-state index in [0.29, 0.717) is 26.1 Å². The van der Waals surface area contributed by atoms with E-state index < -0.39 is 10.0 Å². The number of hydrogen-bond acceptors (Lipinski definition) is 4. The van der Waals surface area contributed by atoms with Crippen molar-refractivity contribution in [2.24, 2.45) is 7.05 Å². The minimum Gasteiger partial charge on any atom is -0.323 e. The van der Waals surface area contributed by atoms with Crippen molar-refractivity contribution >= 4 is 21.7 Å². The lowest BCUT2D eigenvalue weighted by Gasteiger charge is -2.22. The van der Waals surface area contributed by atoms with Gasteiger partial charge < -0.3 is 10.2 Å². The van der Waals surface area contributed by atoms with Crippen LogP contribution in [0.25, 0.3) is 0 Å². The molecule has 1 aromatic carbocycles. The van der Waals surface area contributed by atoms with Gasteiger partial charge in [0.1, 0.15) is 4.90 Å². The lowest BCUT2D eigenvalue weighted by atomic mass is 10.1. The minimum absolute atomic E-state index is 0.179. The molecule has 27 heavy (non-hydrogen) atoms. The third kappa shape index (κ3) is 4.48. The van der Waals surface area contributed by atoms with E-state index >= 15 is 0 Å². The highest BCUT2D eigenvalue weighted by molar-refractivity contribution is 7.89. The van der Waals surface area contributed by atoms with E-state index in [4.69, 9.17) is 0 Å². The van der Waals surface area contributed by atoms with Crippen LogP contribution in [0.15, 0.2) is 35.5 Å². The summed E-state index contributed by atoms with van der Waals surface area (Å²) in [4.78, 5) is 14.4. The first kappa shape index (κ1) is 19.4. The number of carbonyl (C=O) groups is 1. The van der Waals surface area contributed by atoms with Crippen molar-refractivity contribution in [3.63, 3.8) is 0 Å². The van der Waals surface area contributed by atoms with Gasteiger partial charge in [0.15, 0.2) is 0 Å². The molecule has 1 aliphatic rings. The standard InChI is InChI=1S/C18H25N5O3S/c1-14-9-15(2)11-16(10-14)20-18(24)22-5-4-6-23(8-7-22)27(25,26)17-12-19-21(3)13-17/h9-13H,4-8H2,1-3H3,(H,20,24). The number of benzene rings is 1. The fourth-order valence-corrected chi connectivity index (χ4v) is 4.72. The Hall–Kier alpha value is -2.39. The van der Waals surface area contributed by atoms with Gasteiger partial charge in [0.25, 0.3) is 0 Å². The normalized spacial score (nSPS) is 16.2. The van der Waals surface area contributed by atoms with Crippen LogP contribution in [-0.2, 0) is 17.1 Å². The van der Waals surface area contributed by atoms with Crippen LogP contribution < -0.4 is 5.32 Å². The molecule has 1 N–H and O–H groups in total. The summed E-state index contributed by atoms with van der Waals surface area (Å²) in [5.41, 5.74) is 2.91. The van der Waals surface area contributed by atoms with Crippen LogP contribution in [0, 0.1) is 13.8 Å². The smallest absolute Gasteiger partial charge is 0.321 e. The van der Waals surface area contributed by atoms with E-state index in [-0.39, 0.29) is 17.5 Å². The topological polar surface area (TPSA) is 87.5 Å². The molecule has 1 fully saturated rings. The van der Waals surface area contributed by atoms with Crippen LogP contribution in [-0.4, -0.2) is 59.6 Å². The zero-order valence-corrected chi connectivity index (χ0v) is 16.7. The number of carbonyl (C=O) groups excluding carboxylic acids is 1. The molecule has 0 bridgehead atoms. The number of anilines is 1. The molecule has 0 atom stereocenters. The highest BCUT2D eigenvalue weighted by atomic mass is 32.2. The molecule has 0 aliphatic carbocycles. The highest BCUT2D eigenvalue weighted by Gasteiger charge is 2.29. The quantitative estimate of drug-likeness (QED) is 0.866. The number of aryl methyl sites for hydroxylation is 3. The van der Waals surface area contributed by atoms with Gasteiger partial charge in [0, 0.05) is 45.1 Å². The van der Waals surface area contributed by atoms with Crippen LogP contribution in [0.4, 0.5) is 10.5 Å². The third-order valence-electron chi connectivity index (χ3n) is 4.53. The maximum Gasteiger partial charge on any atom is 0.321 e. The maximum absolute atomic E-state index is 12.7. The first-order chi connectivity index (χ1) is 12.8. The summed E-state index contributed by atoms with van der Waals surface area (Å²) in [6, 6.07) is 5.67. The van der Waals surface area contributed by atoms with Gasteiger partial charge in [-0.3, -0.25) is 4.68 Å². The zero-order chi connectivity index (χ0) is 19.6. The number of rotatable bonds is 3. The molecule has 1 aromatic heterocycles. The highest BCUT2D eigenvalue weighted by Crippen LogP contribution is 2.18. The van der Waals surface area contributed by atoms with E-state index in [1.165, 1.54) is 21.4 Å². The number of nitrogens with zero attached hydrogens (tertiary/aromatic N) is 4. The second-order valence-corrected chi connectivity index (χ2v) is 8.84. The average Bonchev–Trinajstić information content (AvgIpc) is 2.87. The Morgan fingerprint density at radius 2 is 1.78 bits per heavy atom. The maximum atomic E-state index is 12.7. The van der Waals surface area contributed by atoms with Crippen molar-refractivity contribution in [1.29, 1.82) is 0 Å². The number of urea groups is 1. The van der Waals surface area contributed by atoms with Gasteiger partial charge in [0.2, 0.25) is 10.0 Å². The molecular formula is C18H25N5O3S. The molecule has 0 spiro atoms. The summed E-state index contributed by atoms with van der Waals surface area (Å²) in [6.07, 6.45) is 3.43. The molecule has 2 heterocycles. The lowest BCUT2D eigenvalue weighted by molar-refractivity contribution is 0.214. The number of hydrogen-bond donors (Lipinski definition) is 1. The Kier molecular flexibility index (Phi) is 5.52.